The summed E-state index contributed by atoms with van der Waals surface area (Å²) in [6.45, 7) is 1.94. The Hall–Kier alpha value is -2.22. The molecule has 0 atom stereocenters. The highest BCUT2D eigenvalue weighted by atomic mass is 32.1. The van der Waals surface area contributed by atoms with Crippen molar-refractivity contribution in [3.63, 3.8) is 0 Å². The van der Waals surface area contributed by atoms with Crippen LogP contribution in [0, 0.1) is 6.92 Å². The molecule has 2 heterocycles. The lowest BCUT2D eigenvalue weighted by atomic mass is 10.2. The molecule has 0 unspecified atom stereocenters. The van der Waals surface area contributed by atoms with Crippen LogP contribution < -0.4 is 5.32 Å². The van der Waals surface area contributed by atoms with Gasteiger partial charge in [-0.05, 0) is 6.92 Å². The first-order valence-corrected chi connectivity index (χ1v) is 5.91. The SMILES string of the molecule is Cc1[nH]ncc1C(=O)NCc1nc(C(=O)O)cs1. The predicted octanol–water partition coefficient (Wildman–Crippen LogP) is 0.803. The Labute approximate surface area is 106 Å². The van der Waals surface area contributed by atoms with Gasteiger partial charge in [0.2, 0.25) is 0 Å². The van der Waals surface area contributed by atoms with Crippen LogP contribution >= 0.6 is 11.3 Å². The summed E-state index contributed by atoms with van der Waals surface area (Å²) < 4.78 is 0. The maximum Gasteiger partial charge on any atom is 0.355 e. The fourth-order valence-electron chi connectivity index (χ4n) is 1.32. The van der Waals surface area contributed by atoms with Crippen molar-refractivity contribution < 1.29 is 14.7 Å². The largest absolute Gasteiger partial charge is 0.476 e. The van der Waals surface area contributed by atoms with Crippen LogP contribution in [0.3, 0.4) is 0 Å². The number of rotatable bonds is 4. The van der Waals surface area contributed by atoms with Crippen molar-refractivity contribution in [1.82, 2.24) is 20.5 Å². The summed E-state index contributed by atoms with van der Waals surface area (Å²) in [7, 11) is 0. The number of aryl methyl sites for hydroxylation is 1. The predicted molar refractivity (Wildman–Crippen MR) is 63.6 cm³/mol. The number of aromatic nitrogens is 3. The minimum atomic E-state index is -1.07. The summed E-state index contributed by atoms with van der Waals surface area (Å²) in [5, 5.41) is 19.8. The van der Waals surface area contributed by atoms with Crippen molar-refractivity contribution >= 4 is 23.2 Å². The first-order valence-electron chi connectivity index (χ1n) is 5.04. The van der Waals surface area contributed by atoms with Crippen molar-refractivity contribution in [2.24, 2.45) is 0 Å². The van der Waals surface area contributed by atoms with Crippen LogP contribution in [0.15, 0.2) is 11.6 Å². The molecule has 7 nitrogen and oxygen atoms in total. The number of aromatic carboxylic acids is 1. The Bertz CT molecular complexity index is 589. The van der Waals surface area contributed by atoms with Crippen LogP contribution in [-0.2, 0) is 6.54 Å². The summed E-state index contributed by atoms with van der Waals surface area (Å²) in [5.41, 5.74) is 1.13. The number of thiazole rings is 1. The number of hydrogen-bond acceptors (Lipinski definition) is 5. The van der Waals surface area contributed by atoms with Crippen LogP contribution in [0.25, 0.3) is 0 Å². The van der Waals surface area contributed by atoms with Gasteiger partial charge >= 0.3 is 5.97 Å². The monoisotopic (exact) mass is 266 g/mol. The van der Waals surface area contributed by atoms with Crippen LogP contribution in [0.2, 0.25) is 0 Å². The summed E-state index contributed by atoms with van der Waals surface area (Å²) in [6, 6.07) is 0. The van der Waals surface area contributed by atoms with E-state index in [2.05, 4.69) is 20.5 Å². The number of carbonyl (C=O) groups excluding carboxylic acids is 1. The van der Waals surface area contributed by atoms with Gasteiger partial charge in [0.1, 0.15) is 5.01 Å². The average Bonchev–Trinajstić information content (AvgIpc) is 2.94. The van der Waals surface area contributed by atoms with Crippen molar-refractivity contribution in [2.45, 2.75) is 13.5 Å². The molecule has 2 aromatic heterocycles. The molecule has 0 aliphatic heterocycles. The lowest BCUT2D eigenvalue weighted by molar-refractivity contribution is 0.0691. The quantitative estimate of drug-likeness (QED) is 0.758. The maximum atomic E-state index is 11.7. The number of carbonyl (C=O) groups is 2. The second kappa shape index (κ2) is 4.96. The molecular weight excluding hydrogens is 256 g/mol. The highest BCUT2D eigenvalue weighted by molar-refractivity contribution is 7.09. The van der Waals surface area contributed by atoms with Gasteiger partial charge in [0, 0.05) is 11.1 Å². The number of hydrogen-bond donors (Lipinski definition) is 3. The van der Waals surface area contributed by atoms with E-state index < -0.39 is 5.97 Å². The highest BCUT2D eigenvalue weighted by Crippen LogP contribution is 2.10. The number of H-pyrrole nitrogens is 1. The van der Waals surface area contributed by atoms with Crippen LogP contribution in [0.5, 0.6) is 0 Å². The molecule has 0 aliphatic rings. The molecule has 0 spiro atoms. The molecule has 0 fully saturated rings. The van der Waals surface area contributed by atoms with Crippen molar-refractivity contribution in [3.8, 4) is 0 Å². The van der Waals surface area contributed by atoms with Gasteiger partial charge in [-0.3, -0.25) is 9.89 Å². The fraction of sp³-hybridized carbons (Fsp3) is 0.200. The second-order valence-corrected chi connectivity index (χ2v) is 4.47. The number of nitrogens with zero attached hydrogens (tertiary/aromatic N) is 2. The molecule has 3 N–H and O–H groups in total. The third-order valence-corrected chi connectivity index (χ3v) is 3.09. The number of nitrogens with one attached hydrogen (secondary N) is 2. The normalized spacial score (nSPS) is 10.3. The van der Waals surface area contributed by atoms with E-state index in [-0.39, 0.29) is 18.1 Å². The van der Waals surface area contributed by atoms with Crippen molar-refractivity contribution in [1.29, 1.82) is 0 Å². The van der Waals surface area contributed by atoms with Crippen LogP contribution in [0.1, 0.15) is 31.5 Å². The summed E-state index contributed by atoms with van der Waals surface area (Å²) in [5.74, 6) is -1.34. The summed E-state index contributed by atoms with van der Waals surface area (Å²) in [6.07, 6.45) is 1.44. The summed E-state index contributed by atoms with van der Waals surface area (Å²) in [4.78, 5) is 26.2. The topological polar surface area (TPSA) is 108 Å². The molecule has 0 saturated heterocycles. The van der Waals surface area contributed by atoms with Gasteiger partial charge in [-0.1, -0.05) is 0 Å². The number of aromatic amines is 1. The van der Waals surface area contributed by atoms with Crippen molar-refractivity contribution in [2.75, 3.05) is 0 Å². The molecule has 0 aliphatic carbocycles. The van der Waals surface area contributed by atoms with Crippen LogP contribution in [-0.4, -0.2) is 32.2 Å². The van der Waals surface area contributed by atoms with E-state index in [0.29, 0.717) is 16.3 Å². The van der Waals surface area contributed by atoms with Crippen molar-refractivity contribution in [3.05, 3.63) is 33.5 Å². The molecule has 0 bridgehead atoms. The van der Waals surface area contributed by atoms with E-state index in [1.54, 1.807) is 6.92 Å². The van der Waals surface area contributed by atoms with E-state index in [0.717, 1.165) is 0 Å². The fourth-order valence-corrected chi connectivity index (χ4v) is 2.03. The highest BCUT2D eigenvalue weighted by Gasteiger charge is 2.12. The van der Waals surface area contributed by atoms with E-state index in [4.69, 9.17) is 5.11 Å². The zero-order valence-corrected chi connectivity index (χ0v) is 10.2. The molecule has 18 heavy (non-hydrogen) atoms. The Morgan fingerprint density at radius 3 is 2.89 bits per heavy atom. The average molecular weight is 266 g/mol. The Morgan fingerprint density at radius 2 is 2.33 bits per heavy atom. The number of amides is 1. The molecule has 8 heteroatoms. The molecule has 2 rings (SSSR count). The smallest absolute Gasteiger partial charge is 0.355 e. The molecule has 2 aromatic rings. The zero-order chi connectivity index (χ0) is 13.1. The summed E-state index contributed by atoms with van der Waals surface area (Å²) >= 11 is 1.19. The second-order valence-electron chi connectivity index (χ2n) is 3.52. The number of carboxylic acid groups (broad SMARTS) is 1. The Kier molecular flexibility index (Phi) is 3.38. The minimum Gasteiger partial charge on any atom is -0.476 e. The molecule has 0 aromatic carbocycles. The van der Waals surface area contributed by atoms with E-state index in [9.17, 15) is 9.59 Å². The lowest BCUT2D eigenvalue weighted by Gasteiger charge is -2.01. The third kappa shape index (κ3) is 2.54. The molecular formula is C10H10N4O3S. The molecule has 0 saturated carbocycles. The maximum absolute atomic E-state index is 11.7. The lowest BCUT2D eigenvalue weighted by Crippen LogP contribution is -2.23. The Balaban J connectivity index is 1.97. The Morgan fingerprint density at radius 1 is 1.56 bits per heavy atom. The standard InChI is InChI=1S/C10H10N4O3S/c1-5-6(2-12-14-5)9(15)11-3-8-13-7(4-18-8)10(16)17/h2,4H,3H2,1H3,(H,11,15)(H,12,14)(H,16,17). The van der Waals surface area contributed by atoms with Gasteiger partial charge in [0.25, 0.3) is 5.91 Å². The first kappa shape index (κ1) is 12.2. The number of carboxylic acids is 1. The van der Waals surface area contributed by atoms with Gasteiger partial charge < -0.3 is 10.4 Å². The van der Waals surface area contributed by atoms with Gasteiger partial charge in [0.05, 0.1) is 18.3 Å². The van der Waals surface area contributed by atoms with E-state index in [1.807, 2.05) is 0 Å². The van der Waals surface area contributed by atoms with Gasteiger partial charge in [0.15, 0.2) is 5.69 Å². The first-order chi connectivity index (χ1) is 8.58. The van der Waals surface area contributed by atoms with Crippen LogP contribution in [0.4, 0.5) is 0 Å². The van der Waals surface area contributed by atoms with E-state index >= 15 is 0 Å². The molecule has 1 amide bonds. The molecule has 0 radical (unpaired) electrons. The van der Waals surface area contributed by atoms with Gasteiger partial charge in [-0.25, -0.2) is 9.78 Å². The zero-order valence-electron chi connectivity index (χ0n) is 9.43. The van der Waals surface area contributed by atoms with Gasteiger partial charge in [-0.15, -0.1) is 11.3 Å². The minimum absolute atomic E-state index is 0.0104. The third-order valence-electron chi connectivity index (χ3n) is 2.25. The van der Waals surface area contributed by atoms with Gasteiger partial charge in [-0.2, -0.15) is 5.10 Å². The molecule has 94 valence electrons. The van der Waals surface area contributed by atoms with E-state index in [1.165, 1.54) is 22.9 Å².